The van der Waals surface area contributed by atoms with Crippen LogP contribution in [0, 0.1) is 6.92 Å². The third kappa shape index (κ3) is 2.48. The maximum absolute atomic E-state index is 11.3. The molecule has 1 fully saturated rings. The van der Waals surface area contributed by atoms with Gasteiger partial charge in [0.2, 0.25) is 0 Å². The lowest BCUT2D eigenvalue weighted by atomic mass is 10.1. The minimum atomic E-state index is -0.849. The molecule has 1 aromatic carbocycles. The first-order valence-corrected chi connectivity index (χ1v) is 6.24. The molecule has 0 spiro atoms. The zero-order valence-corrected chi connectivity index (χ0v) is 11.2. The summed E-state index contributed by atoms with van der Waals surface area (Å²) in [5.41, 5.74) is 2.36. The standard InChI is InChI=1S/C14H20N2O2/c1-10-4-5-12(14(17)18)13(8-10)16-7-6-11(9-16)15(2)3/h4-5,8,11H,6-7,9H2,1-3H3,(H,17,18). The average Bonchev–Trinajstić information content (AvgIpc) is 2.77. The second-order valence-corrected chi connectivity index (χ2v) is 5.18. The number of anilines is 1. The Balaban J connectivity index is 2.28. The van der Waals surface area contributed by atoms with Crippen LogP contribution >= 0.6 is 0 Å². The summed E-state index contributed by atoms with van der Waals surface area (Å²) in [5.74, 6) is -0.849. The summed E-state index contributed by atoms with van der Waals surface area (Å²) in [4.78, 5) is 15.7. The Labute approximate surface area is 108 Å². The lowest BCUT2D eigenvalue weighted by molar-refractivity contribution is 0.0697. The molecule has 1 aliphatic rings. The Morgan fingerprint density at radius 1 is 1.44 bits per heavy atom. The monoisotopic (exact) mass is 248 g/mol. The molecule has 0 saturated carbocycles. The van der Waals surface area contributed by atoms with E-state index in [1.54, 1.807) is 6.07 Å². The summed E-state index contributed by atoms with van der Waals surface area (Å²) in [5, 5.41) is 9.25. The Morgan fingerprint density at radius 3 is 2.72 bits per heavy atom. The van der Waals surface area contributed by atoms with Gasteiger partial charge in [0.15, 0.2) is 0 Å². The molecular formula is C14H20N2O2. The fraction of sp³-hybridized carbons (Fsp3) is 0.500. The van der Waals surface area contributed by atoms with Crippen molar-refractivity contribution in [2.45, 2.75) is 19.4 Å². The van der Waals surface area contributed by atoms with Gasteiger partial charge in [0.05, 0.1) is 11.3 Å². The zero-order valence-electron chi connectivity index (χ0n) is 11.2. The molecule has 0 aromatic heterocycles. The first-order valence-electron chi connectivity index (χ1n) is 6.24. The zero-order chi connectivity index (χ0) is 13.3. The summed E-state index contributed by atoms with van der Waals surface area (Å²) < 4.78 is 0. The van der Waals surface area contributed by atoms with Crippen molar-refractivity contribution in [1.82, 2.24) is 4.90 Å². The largest absolute Gasteiger partial charge is 0.478 e. The quantitative estimate of drug-likeness (QED) is 0.886. The number of carboxylic acids is 1. The van der Waals surface area contributed by atoms with Crippen LogP contribution in [0.5, 0.6) is 0 Å². The Kier molecular flexibility index (Phi) is 3.57. The first-order chi connectivity index (χ1) is 8.49. The lowest BCUT2D eigenvalue weighted by Crippen LogP contribution is -2.32. The highest BCUT2D eigenvalue weighted by Crippen LogP contribution is 2.27. The number of hydrogen-bond acceptors (Lipinski definition) is 3. The molecule has 1 aliphatic heterocycles. The van der Waals surface area contributed by atoms with E-state index >= 15 is 0 Å². The van der Waals surface area contributed by atoms with Crippen molar-refractivity contribution >= 4 is 11.7 Å². The van der Waals surface area contributed by atoms with E-state index in [2.05, 4.69) is 23.9 Å². The second-order valence-electron chi connectivity index (χ2n) is 5.18. The van der Waals surface area contributed by atoms with E-state index in [1.807, 2.05) is 19.1 Å². The van der Waals surface area contributed by atoms with Crippen LogP contribution in [0.4, 0.5) is 5.69 Å². The van der Waals surface area contributed by atoms with Gasteiger partial charge in [-0.2, -0.15) is 0 Å². The van der Waals surface area contributed by atoms with Crippen LogP contribution in [0.15, 0.2) is 18.2 Å². The molecule has 2 rings (SSSR count). The molecule has 98 valence electrons. The van der Waals surface area contributed by atoms with Gasteiger partial charge in [-0.05, 0) is 45.1 Å². The molecule has 1 saturated heterocycles. The van der Waals surface area contributed by atoms with Crippen molar-refractivity contribution in [2.75, 3.05) is 32.1 Å². The van der Waals surface area contributed by atoms with Crippen molar-refractivity contribution in [1.29, 1.82) is 0 Å². The van der Waals surface area contributed by atoms with Crippen molar-refractivity contribution in [2.24, 2.45) is 0 Å². The Morgan fingerprint density at radius 2 is 2.17 bits per heavy atom. The lowest BCUT2D eigenvalue weighted by Gasteiger charge is -2.23. The molecule has 1 unspecified atom stereocenters. The van der Waals surface area contributed by atoms with Crippen LogP contribution in [0.1, 0.15) is 22.3 Å². The van der Waals surface area contributed by atoms with Gasteiger partial charge in [-0.15, -0.1) is 0 Å². The number of rotatable bonds is 3. The molecule has 1 aromatic rings. The average molecular weight is 248 g/mol. The van der Waals surface area contributed by atoms with E-state index in [1.165, 1.54) is 0 Å². The summed E-state index contributed by atoms with van der Waals surface area (Å²) in [7, 11) is 4.14. The Bertz CT molecular complexity index is 457. The summed E-state index contributed by atoms with van der Waals surface area (Å²) in [6, 6.07) is 6.04. The maximum atomic E-state index is 11.3. The summed E-state index contributed by atoms with van der Waals surface area (Å²) in [6.07, 6.45) is 1.08. The van der Waals surface area contributed by atoms with E-state index in [9.17, 15) is 9.90 Å². The highest BCUT2D eigenvalue weighted by molar-refractivity contribution is 5.94. The number of carboxylic acid groups (broad SMARTS) is 1. The van der Waals surface area contributed by atoms with E-state index in [4.69, 9.17) is 0 Å². The fourth-order valence-corrected chi connectivity index (χ4v) is 2.47. The molecule has 18 heavy (non-hydrogen) atoms. The molecule has 0 bridgehead atoms. The van der Waals surface area contributed by atoms with Crippen molar-refractivity contribution in [3.8, 4) is 0 Å². The second kappa shape index (κ2) is 4.98. The number of carbonyl (C=O) groups is 1. The molecule has 1 atom stereocenters. The van der Waals surface area contributed by atoms with Crippen LogP contribution in [0.25, 0.3) is 0 Å². The number of aromatic carboxylic acids is 1. The van der Waals surface area contributed by atoms with Crippen LogP contribution in [-0.4, -0.2) is 49.2 Å². The van der Waals surface area contributed by atoms with Crippen LogP contribution < -0.4 is 4.90 Å². The topological polar surface area (TPSA) is 43.8 Å². The van der Waals surface area contributed by atoms with Gasteiger partial charge in [0.25, 0.3) is 0 Å². The first kappa shape index (κ1) is 12.9. The van der Waals surface area contributed by atoms with E-state index < -0.39 is 5.97 Å². The molecule has 4 heteroatoms. The third-order valence-corrected chi connectivity index (χ3v) is 3.62. The van der Waals surface area contributed by atoms with Gasteiger partial charge in [0.1, 0.15) is 0 Å². The highest BCUT2D eigenvalue weighted by atomic mass is 16.4. The normalized spacial score (nSPS) is 19.6. The molecular weight excluding hydrogens is 228 g/mol. The van der Waals surface area contributed by atoms with E-state index in [0.29, 0.717) is 11.6 Å². The third-order valence-electron chi connectivity index (χ3n) is 3.62. The smallest absolute Gasteiger partial charge is 0.337 e. The minimum Gasteiger partial charge on any atom is -0.478 e. The number of hydrogen-bond donors (Lipinski definition) is 1. The fourth-order valence-electron chi connectivity index (χ4n) is 2.47. The van der Waals surface area contributed by atoms with Gasteiger partial charge in [0, 0.05) is 19.1 Å². The molecule has 1 N–H and O–H groups in total. The molecule has 0 amide bonds. The van der Waals surface area contributed by atoms with Gasteiger partial charge in [-0.25, -0.2) is 4.79 Å². The molecule has 0 aliphatic carbocycles. The number of nitrogens with zero attached hydrogens (tertiary/aromatic N) is 2. The number of benzene rings is 1. The van der Waals surface area contributed by atoms with Crippen molar-refractivity contribution < 1.29 is 9.90 Å². The van der Waals surface area contributed by atoms with Gasteiger partial charge < -0.3 is 14.9 Å². The molecule has 4 nitrogen and oxygen atoms in total. The maximum Gasteiger partial charge on any atom is 0.337 e. The summed E-state index contributed by atoms with van der Waals surface area (Å²) in [6.45, 7) is 3.82. The molecule has 0 radical (unpaired) electrons. The van der Waals surface area contributed by atoms with Crippen LogP contribution in [-0.2, 0) is 0 Å². The van der Waals surface area contributed by atoms with E-state index in [0.717, 1.165) is 30.8 Å². The van der Waals surface area contributed by atoms with Crippen LogP contribution in [0.3, 0.4) is 0 Å². The highest BCUT2D eigenvalue weighted by Gasteiger charge is 2.26. The van der Waals surface area contributed by atoms with Gasteiger partial charge >= 0.3 is 5.97 Å². The van der Waals surface area contributed by atoms with Crippen LogP contribution in [0.2, 0.25) is 0 Å². The van der Waals surface area contributed by atoms with Gasteiger partial charge in [-0.1, -0.05) is 6.07 Å². The number of likely N-dealkylation sites (N-methyl/N-ethyl adjacent to an activating group) is 1. The van der Waals surface area contributed by atoms with Crippen molar-refractivity contribution in [3.63, 3.8) is 0 Å². The predicted molar refractivity (Wildman–Crippen MR) is 72.4 cm³/mol. The predicted octanol–water partition coefficient (Wildman–Crippen LogP) is 1.83. The van der Waals surface area contributed by atoms with Gasteiger partial charge in [-0.3, -0.25) is 0 Å². The molecule has 1 heterocycles. The SMILES string of the molecule is Cc1ccc(C(=O)O)c(N2CCC(N(C)C)C2)c1. The minimum absolute atomic E-state index is 0.403. The number of aryl methyl sites for hydroxylation is 1. The Hall–Kier alpha value is -1.55. The van der Waals surface area contributed by atoms with Crippen molar-refractivity contribution in [3.05, 3.63) is 29.3 Å². The van der Waals surface area contributed by atoms with E-state index in [-0.39, 0.29) is 0 Å². The summed E-state index contributed by atoms with van der Waals surface area (Å²) >= 11 is 0.